The SMILES string of the molecule is O=C(O)c1ccc(-c2ccc(Br)c(Cl)c2)s1. The summed E-state index contributed by atoms with van der Waals surface area (Å²) in [7, 11) is 0. The number of carbonyl (C=O) groups is 1. The summed E-state index contributed by atoms with van der Waals surface area (Å²) in [6.07, 6.45) is 0. The molecule has 0 radical (unpaired) electrons. The highest BCUT2D eigenvalue weighted by molar-refractivity contribution is 9.10. The molecule has 2 rings (SSSR count). The molecule has 0 unspecified atom stereocenters. The van der Waals surface area contributed by atoms with Gasteiger partial charge >= 0.3 is 5.97 Å². The highest BCUT2D eigenvalue weighted by Gasteiger charge is 2.09. The van der Waals surface area contributed by atoms with Gasteiger partial charge in [-0.15, -0.1) is 11.3 Å². The minimum atomic E-state index is -0.903. The monoisotopic (exact) mass is 316 g/mol. The average molecular weight is 318 g/mol. The molecule has 0 fully saturated rings. The number of hydrogen-bond acceptors (Lipinski definition) is 2. The fourth-order valence-corrected chi connectivity index (χ4v) is 2.53. The average Bonchev–Trinajstić information content (AvgIpc) is 2.71. The van der Waals surface area contributed by atoms with Crippen molar-refractivity contribution in [3.63, 3.8) is 0 Å². The molecule has 0 saturated heterocycles. The van der Waals surface area contributed by atoms with Gasteiger partial charge in [-0.25, -0.2) is 4.79 Å². The Kier molecular flexibility index (Phi) is 3.33. The van der Waals surface area contributed by atoms with Crippen LogP contribution in [0.25, 0.3) is 10.4 Å². The van der Waals surface area contributed by atoms with Crippen molar-refractivity contribution in [1.82, 2.24) is 0 Å². The molecule has 2 nitrogen and oxygen atoms in total. The van der Waals surface area contributed by atoms with Crippen molar-refractivity contribution in [2.24, 2.45) is 0 Å². The molecule has 0 amide bonds. The number of benzene rings is 1. The van der Waals surface area contributed by atoms with E-state index in [-0.39, 0.29) is 0 Å². The Balaban J connectivity index is 2.42. The first-order valence-corrected chi connectivity index (χ1v) is 6.35. The van der Waals surface area contributed by atoms with Crippen molar-refractivity contribution in [3.05, 3.63) is 44.7 Å². The molecule has 0 atom stereocenters. The minimum absolute atomic E-state index is 0.328. The van der Waals surface area contributed by atoms with E-state index in [9.17, 15) is 4.79 Å². The fraction of sp³-hybridized carbons (Fsp3) is 0. The Hall–Kier alpha value is -0.840. The number of rotatable bonds is 2. The summed E-state index contributed by atoms with van der Waals surface area (Å²) in [5, 5.41) is 9.43. The molecule has 1 aromatic heterocycles. The van der Waals surface area contributed by atoms with E-state index in [1.165, 1.54) is 11.3 Å². The van der Waals surface area contributed by atoms with Gasteiger partial charge in [-0.05, 0) is 45.8 Å². The van der Waals surface area contributed by atoms with Crippen molar-refractivity contribution < 1.29 is 9.90 Å². The lowest BCUT2D eigenvalue weighted by Gasteiger charge is -1.99. The molecule has 0 aliphatic heterocycles. The van der Waals surface area contributed by atoms with Crippen LogP contribution in [-0.2, 0) is 0 Å². The topological polar surface area (TPSA) is 37.3 Å². The van der Waals surface area contributed by atoms with E-state index in [0.717, 1.165) is 14.9 Å². The van der Waals surface area contributed by atoms with Gasteiger partial charge in [0, 0.05) is 9.35 Å². The van der Waals surface area contributed by atoms with E-state index in [1.807, 2.05) is 18.2 Å². The Labute approximate surface area is 110 Å². The van der Waals surface area contributed by atoms with Gasteiger partial charge in [0.05, 0.1) is 5.02 Å². The van der Waals surface area contributed by atoms with Crippen molar-refractivity contribution in [3.8, 4) is 10.4 Å². The molecule has 0 aliphatic rings. The van der Waals surface area contributed by atoms with Crippen LogP contribution in [0.15, 0.2) is 34.8 Å². The predicted octanol–water partition coefficient (Wildman–Crippen LogP) is 4.53. The summed E-state index contributed by atoms with van der Waals surface area (Å²) in [6, 6.07) is 8.93. The standard InChI is InChI=1S/C11H6BrClO2S/c12-7-2-1-6(5-8(7)13)9-3-4-10(16-9)11(14)15/h1-5H,(H,14,15). The first kappa shape index (κ1) is 11.6. The lowest BCUT2D eigenvalue weighted by molar-refractivity contribution is 0.0702. The number of halogens is 2. The van der Waals surface area contributed by atoms with Crippen molar-refractivity contribution >= 4 is 44.8 Å². The van der Waals surface area contributed by atoms with Crippen LogP contribution in [0.3, 0.4) is 0 Å². The second-order valence-electron chi connectivity index (χ2n) is 3.10. The third-order valence-corrected chi connectivity index (χ3v) is 4.38. The van der Waals surface area contributed by atoms with Crippen molar-refractivity contribution in [2.45, 2.75) is 0 Å². The van der Waals surface area contributed by atoms with E-state index in [2.05, 4.69) is 15.9 Å². The quantitative estimate of drug-likeness (QED) is 0.883. The second kappa shape index (κ2) is 4.57. The number of hydrogen-bond donors (Lipinski definition) is 1. The lowest BCUT2D eigenvalue weighted by atomic mass is 10.2. The summed E-state index contributed by atoms with van der Waals surface area (Å²) < 4.78 is 0.827. The van der Waals surface area contributed by atoms with E-state index in [0.29, 0.717) is 9.90 Å². The van der Waals surface area contributed by atoms with Crippen LogP contribution in [0.1, 0.15) is 9.67 Å². The molecule has 1 heterocycles. The number of aromatic carboxylic acids is 1. The Morgan fingerprint density at radius 3 is 2.62 bits per heavy atom. The number of carboxylic acid groups (broad SMARTS) is 1. The Morgan fingerprint density at radius 2 is 2.06 bits per heavy atom. The van der Waals surface area contributed by atoms with E-state index >= 15 is 0 Å². The maximum atomic E-state index is 10.7. The summed E-state index contributed by atoms with van der Waals surface area (Å²) in [5.74, 6) is -0.903. The molecule has 5 heteroatoms. The van der Waals surface area contributed by atoms with Crippen LogP contribution in [-0.4, -0.2) is 11.1 Å². The predicted molar refractivity (Wildman–Crippen MR) is 69.4 cm³/mol. The molecule has 1 N–H and O–H groups in total. The number of thiophene rings is 1. The maximum Gasteiger partial charge on any atom is 0.345 e. The molecular weight excluding hydrogens is 312 g/mol. The van der Waals surface area contributed by atoms with Gasteiger partial charge in [-0.1, -0.05) is 17.7 Å². The van der Waals surface area contributed by atoms with Crippen LogP contribution in [0.2, 0.25) is 5.02 Å². The van der Waals surface area contributed by atoms with Gasteiger partial charge in [0.25, 0.3) is 0 Å². The zero-order valence-corrected chi connectivity index (χ0v) is 11.1. The summed E-state index contributed by atoms with van der Waals surface area (Å²) in [4.78, 5) is 12.0. The van der Waals surface area contributed by atoms with Gasteiger partial charge in [0.2, 0.25) is 0 Å². The smallest absolute Gasteiger partial charge is 0.345 e. The first-order valence-electron chi connectivity index (χ1n) is 4.36. The molecule has 0 saturated carbocycles. The van der Waals surface area contributed by atoms with Crippen molar-refractivity contribution in [1.29, 1.82) is 0 Å². The molecule has 1 aromatic carbocycles. The highest BCUT2D eigenvalue weighted by atomic mass is 79.9. The zero-order valence-electron chi connectivity index (χ0n) is 7.91. The largest absolute Gasteiger partial charge is 0.477 e. The van der Waals surface area contributed by atoms with Crippen LogP contribution in [0.5, 0.6) is 0 Å². The van der Waals surface area contributed by atoms with Gasteiger partial charge in [-0.3, -0.25) is 0 Å². The minimum Gasteiger partial charge on any atom is -0.477 e. The Morgan fingerprint density at radius 1 is 1.31 bits per heavy atom. The molecule has 82 valence electrons. The molecule has 2 aromatic rings. The van der Waals surface area contributed by atoms with E-state index in [4.69, 9.17) is 16.7 Å². The van der Waals surface area contributed by atoms with Crippen molar-refractivity contribution in [2.75, 3.05) is 0 Å². The van der Waals surface area contributed by atoms with E-state index in [1.54, 1.807) is 12.1 Å². The van der Waals surface area contributed by atoms with Gasteiger partial charge in [0.1, 0.15) is 4.88 Å². The van der Waals surface area contributed by atoms with Crippen LogP contribution < -0.4 is 0 Å². The van der Waals surface area contributed by atoms with Gasteiger partial charge < -0.3 is 5.11 Å². The van der Waals surface area contributed by atoms with Crippen LogP contribution >= 0.6 is 38.9 Å². The second-order valence-corrected chi connectivity index (χ2v) is 5.44. The molecule has 0 aliphatic carbocycles. The summed E-state index contributed by atoms with van der Waals surface area (Å²) >= 11 is 10.5. The summed E-state index contributed by atoms with van der Waals surface area (Å²) in [5.41, 5.74) is 0.922. The third-order valence-electron chi connectivity index (χ3n) is 2.02. The fourth-order valence-electron chi connectivity index (χ4n) is 1.26. The van der Waals surface area contributed by atoms with E-state index < -0.39 is 5.97 Å². The molecule has 16 heavy (non-hydrogen) atoms. The van der Waals surface area contributed by atoms with Gasteiger partial charge in [0.15, 0.2) is 0 Å². The third kappa shape index (κ3) is 2.29. The Bertz CT molecular complexity index is 551. The molecule has 0 bridgehead atoms. The maximum absolute atomic E-state index is 10.7. The normalized spacial score (nSPS) is 10.4. The van der Waals surface area contributed by atoms with Gasteiger partial charge in [-0.2, -0.15) is 0 Å². The molecular formula is C11H6BrClO2S. The highest BCUT2D eigenvalue weighted by Crippen LogP contribution is 2.32. The zero-order chi connectivity index (χ0) is 11.7. The number of carboxylic acids is 1. The van der Waals surface area contributed by atoms with Crippen LogP contribution in [0, 0.1) is 0 Å². The first-order chi connectivity index (χ1) is 7.58. The summed E-state index contributed by atoms with van der Waals surface area (Å²) in [6.45, 7) is 0. The molecule has 0 spiro atoms. The lowest BCUT2D eigenvalue weighted by Crippen LogP contribution is -1.89. The van der Waals surface area contributed by atoms with Crippen LogP contribution in [0.4, 0.5) is 0 Å².